The van der Waals surface area contributed by atoms with E-state index in [1.807, 2.05) is 6.07 Å². The van der Waals surface area contributed by atoms with Gasteiger partial charge < -0.3 is 14.9 Å². The van der Waals surface area contributed by atoms with Crippen LogP contribution < -0.4 is 4.90 Å². The normalized spacial score (nSPS) is 36.0. The summed E-state index contributed by atoms with van der Waals surface area (Å²) < 4.78 is 1.26. The number of piperazine rings is 1. The van der Waals surface area contributed by atoms with E-state index in [0.29, 0.717) is 24.2 Å². The number of fused-ring (bicyclic) bond motifs is 1. The molecule has 2 heterocycles. The summed E-state index contributed by atoms with van der Waals surface area (Å²) in [6.45, 7) is 4.67. The molecule has 2 N–H and O–H groups in total. The SMILES string of the molecule is O=C(CC12C[C@@H]3C[C@@H](CC(O)(C3)C1)C2)N1CC[NH+](Cc2nc3ccccc3s2)CC1. The van der Waals surface area contributed by atoms with Crippen molar-refractivity contribution in [3.63, 3.8) is 0 Å². The van der Waals surface area contributed by atoms with Crippen molar-refractivity contribution in [2.45, 2.75) is 57.1 Å². The first kappa shape index (κ1) is 19.2. The van der Waals surface area contributed by atoms with Gasteiger partial charge in [0.15, 0.2) is 0 Å². The fourth-order valence-corrected chi connectivity index (χ4v) is 8.54. The van der Waals surface area contributed by atoms with E-state index in [1.54, 1.807) is 11.3 Å². The van der Waals surface area contributed by atoms with E-state index in [-0.39, 0.29) is 5.41 Å². The molecule has 30 heavy (non-hydrogen) atoms. The van der Waals surface area contributed by atoms with Crippen LogP contribution in [0.5, 0.6) is 0 Å². The Bertz CT molecular complexity index is 917. The zero-order valence-electron chi connectivity index (χ0n) is 17.6. The molecule has 1 amide bonds. The van der Waals surface area contributed by atoms with E-state index >= 15 is 0 Å². The Morgan fingerprint density at radius 2 is 1.90 bits per heavy atom. The van der Waals surface area contributed by atoms with Gasteiger partial charge in [0.25, 0.3) is 0 Å². The number of aromatic nitrogens is 1. The van der Waals surface area contributed by atoms with Gasteiger partial charge in [0, 0.05) is 6.42 Å². The molecule has 4 atom stereocenters. The molecule has 1 aliphatic heterocycles. The van der Waals surface area contributed by atoms with Crippen molar-refractivity contribution in [3.05, 3.63) is 29.3 Å². The van der Waals surface area contributed by atoms with Gasteiger partial charge in [-0.05, 0) is 67.9 Å². The van der Waals surface area contributed by atoms with E-state index in [4.69, 9.17) is 4.98 Å². The van der Waals surface area contributed by atoms with Crippen LogP contribution in [0, 0.1) is 17.3 Å². The maximum Gasteiger partial charge on any atom is 0.223 e. The molecule has 6 heteroatoms. The largest absolute Gasteiger partial charge is 0.390 e. The third kappa shape index (κ3) is 3.47. The number of hydrogen-bond donors (Lipinski definition) is 2. The molecule has 0 radical (unpaired) electrons. The second-order valence-electron chi connectivity index (χ2n) is 10.7. The predicted molar refractivity (Wildman–Crippen MR) is 117 cm³/mol. The number of aliphatic hydroxyl groups is 1. The number of quaternary nitrogens is 1. The fraction of sp³-hybridized carbons (Fsp3) is 0.667. The lowest BCUT2D eigenvalue weighted by Gasteiger charge is -2.60. The minimum atomic E-state index is -0.468. The zero-order chi connectivity index (χ0) is 20.3. The molecular weight excluding hydrogens is 394 g/mol. The van der Waals surface area contributed by atoms with E-state index in [2.05, 4.69) is 23.1 Å². The first-order valence-corrected chi connectivity index (χ1v) is 12.5. The average molecular weight is 427 g/mol. The monoisotopic (exact) mass is 426 g/mol. The lowest BCUT2D eigenvalue weighted by Crippen LogP contribution is -3.13. The summed E-state index contributed by atoms with van der Waals surface area (Å²) in [7, 11) is 0. The van der Waals surface area contributed by atoms with E-state index < -0.39 is 5.60 Å². The number of carbonyl (C=O) groups is 1. The van der Waals surface area contributed by atoms with Crippen LogP contribution in [-0.4, -0.2) is 52.7 Å². The van der Waals surface area contributed by atoms with Gasteiger partial charge in [-0.1, -0.05) is 12.1 Å². The lowest BCUT2D eigenvalue weighted by atomic mass is 9.47. The molecule has 160 valence electrons. The summed E-state index contributed by atoms with van der Waals surface area (Å²) in [5, 5.41) is 12.2. The van der Waals surface area contributed by atoms with Crippen LogP contribution in [0.15, 0.2) is 24.3 Å². The second-order valence-corrected chi connectivity index (χ2v) is 11.9. The summed E-state index contributed by atoms with van der Waals surface area (Å²) in [5.41, 5.74) is 0.716. The standard InChI is InChI=1S/C24H31N3O2S/c28-22(14-23-10-17-9-18(11-23)13-24(29,12-17)16-23)27-7-5-26(6-8-27)15-21-25-19-3-1-2-4-20(19)30-21/h1-4,17-18,29H,5-16H2/p+1/t17-,18+,23?,24?. The highest BCUT2D eigenvalue weighted by Gasteiger charge is 2.57. The number of thiazole rings is 1. The number of benzene rings is 1. The van der Waals surface area contributed by atoms with Crippen LogP contribution in [0.2, 0.25) is 0 Å². The first-order chi connectivity index (χ1) is 14.5. The Morgan fingerprint density at radius 3 is 2.60 bits per heavy atom. The third-order valence-corrected chi connectivity index (χ3v) is 9.28. The second kappa shape index (κ2) is 7.01. The topological polar surface area (TPSA) is 57.9 Å². The number of rotatable bonds is 4. The summed E-state index contributed by atoms with van der Waals surface area (Å²) in [4.78, 5) is 21.6. The molecule has 7 rings (SSSR count). The van der Waals surface area contributed by atoms with Gasteiger partial charge >= 0.3 is 0 Å². The van der Waals surface area contributed by atoms with Gasteiger partial charge in [-0.3, -0.25) is 4.79 Å². The molecule has 4 aliphatic carbocycles. The van der Waals surface area contributed by atoms with Crippen LogP contribution >= 0.6 is 11.3 Å². The van der Waals surface area contributed by atoms with Gasteiger partial charge in [-0.25, -0.2) is 4.98 Å². The summed E-state index contributed by atoms with van der Waals surface area (Å²) in [6, 6.07) is 8.35. The Balaban J connectivity index is 1.06. The van der Waals surface area contributed by atoms with Crippen molar-refractivity contribution in [1.29, 1.82) is 0 Å². The highest BCUT2D eigenvalue weighted by atomic mass is 32.1. The van der Waals surface area contributed by atoms with E-state index in [1.165, 1.54) is 33.9 Å². The number of nitrogens with one attached hydrogen (secondary N) is 1. The van der Waals surface area contributed by atoms with Crippen molar-refractivity contribution in [3.8, 4) is 0 Å². The molecule has 0 spiro atoms. The van der Waals surface area contributed by atoms with Crippen molar-refractivity contribution in [2.24, 2.45) is 17.3 Å². The van der Waals surface area contributed by atoms with Crippen LogP contribution in [0.3, 0.4) is 0 Å². The third-order valence-electron chi connectivity index (χ3n) is 8.24. The maximum absolute atomic E-state index is 13.2. The van der Waals surface area contributed by atoms with Crippen LogP contribution in [0.1, 0.15) is 50.0 Å². The van der Waals surface area contributed by atoms with Crippen LogP contribution in [0.4, 0.5) is 0 Å². The van der Waals surface area contributed by atoms with Gasteiger partial charge in [-0.2, -0.15) is 0 Å². The molecular formula is C24H32N3O2S+. The zero-order valence-corrected chi connectivity index (χ0v) is 18.4. The number of para-hydroxylation sites is 1. The molecule has 1 saturated heterocycles. The average Bonchev–Trinajstić information content (AvgIpc) is 3.08. The molecule has 1 aromatic heterocycles. The van der Waals surface area contributed by atoms with Crippen molar-refractivity contribution >= 4 is 27.5 Å². The Hall–Kier alpha value is -1.50. The number of amides is 1. The Morgan fingerprint density at radius 1 is 1.17 bits per heavy atom. The Kier molecular flexibility index (Phi) is 4.49. The van der Waals surface area contributed by atoms with E-state index in [9.17, 15) is 9.90 Å². The lowest BCUT2D eigenvalue weighted by molar-refractivity contribution is -0.917. The van der Waals surface area contributed by atoms with Crippen molar-refractivity contribution < 1.29 is 14.8 Å². The number of nitrogens with zero attached hydrogens (tertiary/aromatic N) is 2. The molecule has 4 saturated carbocycles. The van der Waals surface area contributed by atoms with Crippen LogP contribution in [0.25, 0.3) is 10.2 Å². The predicted octanol–water partition coefficient (Wildman–Crippen LogP) is 2.24. The minimum absolute atomic E-state index is 0.0842. The first-order valence-electron chi connectivity index (χ1n) is 11.7. The fourth-order valence-electron chi connectivity index (χ4n) is 7.50. The summed E-state index contributed by atoms with van der Waals surface area (Å²) >= 11 is 1.80. The number of hydrogen-bond acceptors (Lipinski definition) is 4. The van der Waals surface area contributed by atoms with E-state index in [0.717, 1.165) is 57.5 Å². The highest BCUT2D eigenvalue weighted by Crippen LogP contribution is 2.62. The molecule has 5 fully saturated rings. The highest BCUT2D eigenvalue weighted by molar-refractivity contribution is 7.18. The molecule has 5 aliphatic rings. The van der Waals surface area contributed by atoms with Gasteiger partial charge in [0.05, 0.1) is 42.0 Å². The van der Waals surface area contributed by atoms with Crippen LogP contribution in [-0.2, 0) is 11.3 Å². The van der Waals surface area contributed by atoms with Crippen molar-refractivity contribution in [1.82, 2.24) is 9.88 Å². The van der Waals surface area contributed by atoms with Crippen molar-refractivity contribution in [2.75, 3.05) is 26.2 Å². The summed E-state index contributed by atoms with van der Waals surface area (Å²) in [5.74, 6) is 1.64. The van der Waals surface area contributed by atoms with Gasteiger partial charge in [0.2, 0.25) is 5.91 Å². The molecule has 5 nitrogen and oxygen atoms in total. The molecule has 2 unspecified atom stereocenters. The Labute approximate surface area is 182 Å². The number of carbonyl (C=O) groups excluding carboxylic acids is 1. The smallest absolute Gasteiger partial charge is 0.223 e. The maximum atomic E-state index is 13.2. The molecule has 2 aromatic rings. The molecule has 1 aromatic carbocycles. The quantitative estimate of drug-likeness (QED) is 0.788. The summed E-state index contributed by atoms with van der Waals surface area (Å²) in [6.07, 6.45) is 7.10. The molecule has 4 bridgehead atoms. The van der Waals surface area contributed by atoms with Gasteiger partial charge in [-0.15, -0.1) is 11.3 Å². The van der Waals surface area contributed by atoms with Gasteiger partial charge in [0.1, 0.15) is 11.6 Å². The minimum Gasteiger partial charge on any atom is -0.390 e.